The van der Waals surface area contributed by atoms with Gasteiger partial charge in [0, 0.05) is 18.2 Å². The van der Waals surface area contributed by atoms with Crippen molar-refractivity contribution in [2.45, 2.75) is 51.3 Å². The normalized spacial score (nSPS) is 11.4. The van der Waals surface area contributed by atoms with E-state index in [-0.39, 0.29) is 23.0 Å². The summed E-state index contributed by atoms with van der Waals surface area (Å²) < 4.78 is 37.8. The molecule has 0 bridgehead atoms. The molecule has 0 atom stereocenters. The van der Waals surface area contributed by atoms with Crippen molar-refractivity contribution in [1.29, 1.82) is 0 Å². The van der Waals surface area contributed by atoms with Gasteiger partial charge in [-0.25, -0.2) is 8.42 Å². The summed E-state index contributed by atoms with van der Waals surface area (Å²) in [7, 11) is -3.80. The zero-order valence-corrected chi connectivity index (χ0v) is 20.0. The van der Waals surface area contributed by atoms with Gasteiger partial charge >= 0.3 is 0 Å². The fourth-order valence-electron chi connectivity index (χ4n) is 3.36. The summed E-state index contributed by atoms with van der Waals surface area (Å²) in [6.07, 6.45) is 0.848. The van der Waals surface area contributed by atoms with Gasteiger partial charge in [0.15, 0.2) is 5.82 Å². The van der Waals surface area contributed by atoms with E-state index in [1.165, 1.54) is 41.5 Å². The topological polar surface area (TPSA) is 111 Å². The lowest BCUT2D eigenvalue weighted by Crippen LogP contribution is -2.14. The van der Waals surface area contributed by atoms with Crippen LogP contribution in [-0.4, -0.2) is 26.1 Å². The molecular formula is C24H29N3O5S. The Kier molecular flexibility index (Phi) is 7.75. The van der Waals surface area contributed by atoms with E-state index in [1.807, 2.05) is 12.1 Å². The van der Waals surface area contributed by atoms with Crippen molar-refractivity contribution in [3.05, 3.63) is 65.4 Å². The van der Waals surface area contributed by atoms with Crippen LogP contribution in [0.4, 0.5) is 11.5 Å². The lowest BCUT2D eigenvalue weighted by Gasteiger charge is -2.12. The first-order valence-corrected chi connectivity index (χ1v) is 12.2. The van der Waals surface area contributed by atoms with E-state index in [1.54, 1.807) is 6.92 Å². The number of nitrogens with zero attached hydrogens (tertiary/aromatic N) is 1. The van der Waals surface area contributed by atoms with Gasteiger partial charge in [-0.2, -0.15) is 0 Å². The van der Waals surface area contributed by atoms with Crippen LogP contribution in [0.5, 0.6) is 5.75 Å². The molecule has 1 heterocycles. The lowest BCUT2D eigenvalue weighted by atomic mass is 9.98. The molecule has 176 valence electrons. The molecule has 8 nitrogen and oxygen atoms in total. The molecule has 1 aromatic heterocycles. The fraction of sp³-hybridized carbons (Fsp3) is 0.333. The lowest BCUT2D eigenvalue weighted by molar-refractivity contribution is -0.116. The number of benzene rings is 2. The van der Waals surface area contributed by atoms with Crippen molar-refractivity contribution >= 4 is 27.4 Å². The predicted molar refractivity (Wildman–Crippen MR) is 127 cm³/mol. The van der Waals surface area contributed by atoms with E-state index in [0.717, 1.165) is 5.75 Å². The van der Waals surface area contributed by atoms with E-state index in [4.69, 9.17) is 9.26 Å². The first kappa shape index (κ1) is 24.3. The summed E-state index contributed by atoms with van der Waals surface area (Å²) >= 11 is 0. The van der Waals surface area contributed by atoms with Gasteiger partial charge in [0.1, 0.15) is 11.5 Å². The molecule has 0 unspecified atom stereocenters. The second kappa shape index (κ2) is 10.5. The first-order chi connectivity index (χ1) is 15.6. The Morgan fingerprint density at radius 3 is 2.42 bits per heavy atom. The maximum atomic E-state index is 12.4. The number of hydrogen-bond acceptors (Lipinski definition) is 6. The van der Waals surface area contributed by atoms with Crippen LogP contribution in [0, 0.1) is 13.8 Å². The van der Waals surface area contributed by atoms with Crippen molar-refractivity contribution in [3.8, 4) is 5.75 Å². The third-order valence-corrected chi connectivity index (χ3v) is 6.37. The van der Waals surface area contributed by atoms with Crippen LogP contribution in [-0.2, 0) is 14.8 Å². The molecule has 0 saturated heterocycles. The molecule has 0 radical (unpaired) electrons. The minimum atomic E-state index is -3.80. The number of rotatable bonds is 10. The maximum Gasteiger partial charge on any atom is 0.263 e. The highest BCUT2D eigenvalue weighted by molar-refractivity contribution is 7.92. The van der Waals surface area contributed by atoms with E-state index < -0.39 is 10.0 Å². The number of carbonyl (C=O) groups excluding carboxylic acids is 1. The Hall–Kier alpha value is -3.33. The van der Waals surface area contributed by atoms with Gasteiger partial charge in [0.25, 0.3) is 10.0 Å². The van der Waals surface area contributed by atoms with Crippen molar-refractivity contribution < 1.29 is 22.5 Å². The van der Waals surface area contributed by atoms with Crippen LogP contribution < -0.4 is 14.8 Å². The zero-order valence-electron chi connectivity index (χ0n) is 19.2. The number of sulfonamides is 1. The number of aromatic nitrogens is 1. The monoisotopic (exact) mass is 471 g/mol. The molecule has 33 heavy (non-hydrogen) atoms. The number of anilines is 2. The Balaban J connectivity index is 1.45. The third-order valence-electron chi connectivity index (χ3n) is 5.00. The number of nitrogens with one attached hydrogen (secondary N) is 2. The molecule has 0 saturated carbocycles. The van der Waals surface area contributed by atoms with E-state index >= 15 is 0 Å². The second-order valence-electron chi connectivity index (χ2n) is 8.13. The SMILES string of the molecule is Cc1cc(NS(=O)(=O)c2ccc(NC(=O)CCCOc3ccc(C(C)C)c(C)c3)cc2)no1. The number of ether oxygens (including phenoxy) is 1. The van der Waals surface area contributed by atoms with Crippen LogP contribution in [0.25, 0.3) is 0 Å². The minimum absolute atomic E-state index is 0.0494. The van der Waals surface area contributed by atoms with Gasteiger partial charge in [0.2, 0.25) is 5.91 Å². The van der Waals surface area contributed by atoms with Crippen molar-refractivity contribution in [3.63, 3.8) is 0 Å². The molecule has 1 amide bonds. The minimum Gasteiger partial charge on any atom is -0.494 e. The third kappa shape index (κ3) is 6.82. The van der Waals surface area contributed by atoms with E-state index in [9.17, 15) is 13.2 Å². The Labute approximate surface area is 194 Å². The van der Waals surface area contributed by atoms with Crippen LogP contribution in [0.15, 0.2) is 57.9 Å². The Bertz CT molecular complexity index is 1200. The van der Waals surface area contributed by atoms with E-state index in [0.29, 0.717) is 30.4 Å². The highest BCUT2D eigenvalue weighted by Crippen LogP contribution is 2.24. The summed E-state index contributed by atoms with van der Waals surface area (Å²) in [6, 6.07) is 13.4. The average Bonchev–Trinajstić information content (AvgIpc) is 3.15. The van der Waals surface area contributed by atoms with Crippen molar-refractivity contribution in [2.24, 2.45) is 0 Å². The molecule has 3 rings (SSSR count). The number of aryl methyl sites for hydroxylation is 2. The zero-order chi connectivity index (χ0) is 24.0. The van der Waals surface area contributed by atoms with Gasteiger partial charge in [-0.1, -0.05) is 25.1 Å². The molecule has 0 fully saturated rings. The molecule has 2 aromatic carbocycles. The molecule has 0 aliphatic heterocycles. The van der Waals surface area contributed by atoms with Crippen LogP contribution in [0.3, 0.4) is 0 Å². The highest BCUT2D eigenvalue weighted by Gasteiger charge is 2.16. The van der Waals surface area contributed by atoms with Crippen molar-refractivity contribution in [1.82, 2.24) is 5.16 Å². The largest absolute Gasteiger partial charge is 0.494 e. The van der Waals surface area contributed by atoms with Gasteiger partial charge in [-0.15, -0.1) is 0 Å². The average molecular weight is 472 g/mol. The summed E-state index contributed by atoms with van der Waals surface area (Å²) in [5.74, 6) is 1.69. The fourth-order valence-corrected chi connectivity index (χ4v) is 4.34. The van der Waals surface area contributed by atoms with E-state index in [2.05, 4.69) is 42.0 Å². The summed E-state index contributed by atoms with van der Waals surface area (Å²) in [4.78, 5) is 12.3. The smallest absolute Gasteiger partial charge is 0.263 e. The summed E-state index contributed by atoms with van der Waals surface area (Å²) in [5, 5.41) is 6.38. The first-order valence-electron chi connectivity index (χ1n) is 10.7. The number of carbonyl (C=O) groups is 1. The summed E-state index contributed by atoms with van der Waals surface area (Å²) in [6.45, 7) is 8.48. The standard InChI is InChI=1S/C24H29N3O5S/c1-16(2)22-12-9-20(14-17(22)3)31-13-5-6-24(28)25-19-7-10-21(11-8-19)33(29,30)27-23-15-18(4)32-26-23/h7-12,14-16H,5-6,13H2,1-4H3,(H,25,28)(H,26,27). The maximum absolute atomic E-state index is 12.4. The van der Waals surface area contributed by atoms with Crippen LogP contribution in [0.1, 0.15) is 49.5 Å². The van der Waals surface area contributed by atoms with Gasteiger partial charge in [-0.05, 0) is 73.7 Å². The predicted octanol–water partition coefficient (Wildman–Crippen LogP) is 5.01. The van der Waals surface area contributed by atoms with Crippen molar-refractivity contribution in [2.75, 3.05) is 16.6 Å². The quantitative estimate of drug-likeness (QED) is 0.402. The molecule has 2 N–H and O–H groups in total. The molecule has 0 aliphatic rings. The number of amides is 1. The molecule has 0 aliphatic carbocycles. The van der Waals surface area contributed by atoms with Crippen LogP contribution in [0.2, 0.25) is 0 Å². The Morgan fingerprint density at radius 1 is 1.09 bits per heavy atom. The van der Waals surface area contributed by atoms with Crippen LogP contribution >= 0.6 is 0 Å². The Morgan fingerprint density at radius 2 is 1.82 bits per heavy atom. The molecular weight excluding hydrogens is 442 g/mol. The molecule has 9 heteroatoms. The summed E-state index contributed by atoms with van der Waals surface area (Å²) in [5.41, 5.74) is 3.00. The van der Waals surface area contributed by atoms with Gasteiger partial charge in [-0.3, -0.25) is 9.52 Å². The van der Waals surface area contributed by atoms with Gasteiger partial charge < -0.3 is 14.6 Å². The highest BCUT2D eigenvalue weighted by atomic mass is 32.2. The second-order valence-corrected chi connectivity index (χ2v) is 9.81. The number of hydrogen-bond donors (Lipinski definition) is 2. The molecule has 0 spiro atoms. The molecule has 3 aromatic rings. The van der Waals surface area contributed by atoms with Gasteiger partial charge in [0.05, 0.1) is 11.5 Å².